The van der Waals surface area contributed by atoms with Crippen LogP contribution in [-0.4, -0.2) is 12.6 Å². The molecule has 1 unspecified atom stereocenters. The van der Waals surface area contributed by atoms with E-state index in [1.165, 1.54) is 38.5 Å². The summed E-state index contributed by atoms with van der Waals surface area (Å²) in [4.78, 5) is 0. The van der Waals surface area contributed by atoms with E-state index in [0.717, 1.165) is 5.92 Å². The van der Waals surface area contributed by atoms with Gasteiger partial charge in [0, 0.05) is 5.54 Å². The van der Waals surface area contributed by atoms with Gasteiger partial charge in [0.2, 0.25) is 0 Å². The Morgan fingerprint density at radius 1 is 0.941 bits per heavy atom. The minimum atomic E-state index is 0.252. The summed E-state index contributed by atoms with van der Waals surface area (Å²) in [5.41, 5.74) is 0.694. The molecule has 1 heteroatoms. The van der Waals surface area contributed by atoms with Crippen molar-refractivity contribution in [3.05, 3.63) is 0 Å². The summed E-state index contributed by atoms with van der Waals surface area (Å²) >= 11 is 0. The van der Waals surface area contributed by atoms with E-state index in [-0.39, 0.29) is 5.54 Å². The van der Waals surface area contributed by atoms with Crippen LogP contribution in [0, 0.1) is 11.3 Å². The first-order chi connectivity index (χ1) is 7.79. The molecule has 0 saturated heterocycles. The van der Waals surface area contributed by atoms with Crippen molar-refractivity contribution in [3.63, 3.8) is 0 Å². The maximum atomic E-state index is 3.45. The van der Waals surface area contributed by atoms with Crippen molar-refractivity contribution >= 4 is 0 Å². The Balaban J connectivity index is 4.57. The molecule has 0 aliphatic rings. The van der Waals surface area contributed by atoms with Gasteiger partial charge in [-0.3, -0.25) is 0 Å². The van der Waals surface area contributed by atoms with Gasteiger partial charge >= 0.3 is 0 Å². The Hall–Kier alpha value is -0.0400. The minimum Gasteiger partial charge on any atom is -0.315 e. The molecular weight excluding hydrogens is 206 g/mol. The summed E-state index contributed by atoms with van der Waals surface area (Å²) < 4.78 is 0. The first-order valence-electron chi connectivity index (χ1n) is 7.48. The number of hydrogen-bond donors (Lipinski definition) is 1. The van der Waals surface area contributed by atoms with E-state index < -0.39 is 0 Å². The molecule has 0 heterocycles. The zero-order valence-corrected chi connectivity index (χ0v) is 13.3. The lowest BCUT2D eigenvalue weighted by Crippen LogP contribution is -2.42. The molecular formula is C16H35N. The molecule has 1 nitrogen and oxygen atoms in total. The smallest absolute Gasteiger partial charge is 0.0127 e. The molecule has 0 aliphatic heterocycles. The van der Waals surface area contributed by atoms with E-state index >= 15 is 0 Å². The van der Waals surface area contributed by atoms with E-state index in [2.05, 4.69) is 53.9 Å². The summed E-state index contributed by atoms with van der Waals surface area (Å²) in [6.45, 7) is 14.2. The van der Waals surface area contributed by atoms with Gasteiger partial charge in [0.05, 0.1) is 0 Å². The second kappa shape index (κ2) is 7.41. The highest BCUT2D eigenvalue weighted by Crippen LogP contribution is 2.40. The molecule has 0 fully saturated rings. The van der Waals surface area contributed by atoms with Crippen LogP contribution in [0.2, 0.25) is 0 Å². The minimum absolute atomic E-state index is 0.252. The van der Waals surface area contributed by atoms with Crippen molar-refractivity contribution < 1.29 is 0 Å². The maximum absolute atomic E-state index is 3.45. The van der Waals surface area contributed by atoms with Crippen LogP contribution in [0.1, 0.15) is 80.1 Å². The Kier molecular flexibility index (Phi) is 7.39. The summed E-state index contributed by atoms with van der Waals surface area (Å²) in [5, 5.41) is 3.45. The Labute approximate surface area is 110 Å². The van der Waals surface area contributed by atoms with Crippen LogP contribution in [0.4, 0.5) is 0 Å². The third-order valence-electron chi connectivity index (χ3n) is 4.22. The van der Waals surface area contributed by atoms with Crippen LogP contribution < -0.4 is 5.32 Å². The molecule has 0 rings (SSSR count). The van der Waals surface area contributed by atoms with Crippen LogP contribution in [0.5, 0.6) is 0 Å². The highest BCUT2D eigenvalue weighted by Gasteiger charge is 2.33. The van der Waals surface area contributed by atoms with Gasteiger partial charge in [0.1, 0.15) is 0 Å². The van der Waals surface area contributed by atoms with Gasteiger partial charge < -0.3 is 5.32 Å². The summed E-state index contributed by atoms with van der Waals surface area (Å²) in [5.74, 6) is 0.875. The first-order valence-corrected chi connectivity index (χ1v) is 7.48. The molecule has 0 bridgehead atoms. The normalized spacial score (nSPS) is 15.0. The lowest BCUT2D eigenvalue weighted by atomic mass is 9.68. The summed E-state index contributed by atoms with van der Waals surface area (Å²) in [7, 11) is 2.08. The van der Waals surface area contributed by atoms with E-state index in [0.29, 0.717) is 5.41 Å². The zero-order chi connectivity index (χ0) is 13.5. The number of hydrogen-bond acceptors (Lipinski definition) is 1. The monoisotopic (exact) mass is 241 g/mol. The maximum Gasteiger partial charge on any atom is 0.0127 e. The molecule has 0 radical (unpaired) electrons. The van der Waals surface area contributed by atoms with E-state index in [4.69, 9.17) is 0 Å². The van der Waals surface area contributed by atoms with Crippen molar-refractivity contribution in [2.45, 2.75) is 85.6 Å². The fourth-order valence-corrected chi connectivity index (χ4v) is 3.10. The quantitative estimate of drug-likeness (QED) is 0.598. The Morgan fingerprint density at radius 2 is 1.53 bits per heavy atom. The van der Waals surface area contributed by atoms with Gasteiger partial charge in [-0.25, -0.2) is 0 Å². The molecule has 0 aliphatic carbocycles. The van der Waals surface area contributed by atoms with E-state index in [1.54, 1.807) is 0 Å². The van der Waals surface area contributed by atoms with E-state index in [1.807, 2.05) is 0 Å². The van der Waals surface area contributed by atoms with Gasteiger partial charge in [-0.2, -0.15) is 0 Å². The van der Waals surface area contributed by atoms with Crippen LogP contribution in [-0.2, 0) is 0 Å². The summed E-state index contributed by atoms with van der Waals surface area (Å²) in [6.07, 6.45) is 8.06. The average Bonchev–Trinajstić information content (AvgIpc) is 2.22. The van der Waals surface area contributed by atoms with Crippen molar-refractivity contribution in [2.75, 3.05) is 7.05 Å². The largest absolute Gasteiger partial charge is 0.315 e. The van der Waals surface area contributed by atoms with Crippen LogP contribution in [0.15, 0.2) is 0 Å². The average molecular weight is 241 g/mol. The van der Waals surface area contributed by atoms with Crippen LogP contribution in [0.3, 0.4) is 0 Å². The molecule has 17 heavy (non-hydrogen) atoms. The second-order valence-electron chi connectivity index (χ2n) is 6.93. The highest BCUT2D eigenvalue weighted by atomic mass is 14.9. The van der Waals surface area contributed by atoms with E-state index in [9.17, 15) is 0 Å². The predicted molar refractivity (Wildman–Crippen MR) is 79.5 cm³/mol. The number of rotatable bonds is 9. The molecule has 104 valence electrons. The fraction of sp³-hybridized carbons (Fsp3) is 1.00. The molecule has 1 N–H and O–H groups in total. The standard InChI is InChI=1S/C16H35N/c1-8-10-12-14(11-9-2)15(3,4)13-16(5,6)17-7/h14,17H,8-13H2,1-7H3. The molecule has 1 atom stereocenters. The molecule has 0 amide bonds. The molecule has 0 aromatic carbocycles. The third-order valence-corrected chi connectivity index (χ3v) is 4.22. The third kappa shape index (κ3) is 6.45. The highest BCUT2D eigenvalue weighted by molar-refractivity contribution is 4.88. The van der Waals surface area contributed by atoms with Gasteiger partial charge in [0.25, 0.3) is 0 Å². The van der Waals surface area contributed by atoms with Gasteiger partial charge in [-0.1, -0.05) is 53.4 Å². The van der Waals surface area contributed by atoms with Gasteiger partial charge in [-0.15, -0.1) is 0 Å². The summed E-state index contributed by atoms with van der Waals surface area (Å²) in [6, 6.07) is 0. The lowest BCUT2D eigenvalue weighted by Gasteiger charge is -2.41. The van der Waals surface area contributed by atoms with Gasteiger partial charge in [-0.05, 0) is 45.1 Å². The zero-order valence-electron chi connectivity index (χ0n) is 13.3. The topological polar surface area (TPSA) is 12.0 Å². The van der Waals surface area contributed by atoms with Crippen molar-refractivity contribution in [1.29, 1.82) is 0 Å². The Morgan fingerprint density at radius 3 is 1.94 bits per heavy atom. The first kappa shape index (κ1) is 17.0. The molecule has 0 aromatic heterocycles. The van der Waals surface area contributed by atoms with Crippen LogP contribution >= 0.6 is 0 Å². The second-order valence-corrected chi connectivity index (χ2v) is 6.93. The molecule has 0 spiro atoms. The van der Waals surface area contributed by atoms with Crippen molar-refractivity contribution in [3.8, 4) is 0 Å². The SMILES string of the molecule is CCCCC(CCC)C(C)(C)CC(C)(C)NC. The predicted octanol–water partition coefficient (Wildman–Crippen LogP) is 5.01. The van der Waals surface area contributed by atoms with Gasteiger partial charge in [0.15, 0.2) is 0 Å². The number of unbranched alkanes of at least 4 members (excludes halogenated alkanes) is 1. The lowest BCUT2D eigenvalue weighted by molar-refractivity contribution is 0.125. The number of nitrogens with one attached hydrogen (secondary N) is 1. The molecule has 0 aromatic rings. The fourth-order valence-electron chi connectivity index (χ4n) is 3.10. The van der Waals surface area contributed by atoms with Crippen molar-refractivity contribution in [1.82, 2.24) is 5.32 Å². The molecule has 0 saturated carbocycles. The van der Waals surface area contributed by atoms with Crippen LogP contribution in [0.25, 0.3) is 0 Å². The Bertz CT molecular complexity index is 194. The van der Waals surface area contributed by atoms with Crippen molar-refractivity contribution in [2.24, 2.45) is 11.3 Å².